The van der Waals surface area contributed by atoms with Gasteiger partial charge >= 0.3 is 0 Å². The lowest BCUT2D eigenvalue weighted by Gasteiger charge is -2.35. The first kappa shape index (κ1) is 16.7. The van der Waals surface area contributed by atoms with E-state index in [0.717, 1.165) is 38.6 Å². The van der Waals surface area contributed by atoms with E-state index in [1.165, 1.54) is 12.1 Å². The molecule has 4 heterocycles. The first-order chi connectivity index (χ1) is 13.1. The highest BCUT2D eigenvalue weighted by Gasteiger charge is 2.41. The fourth-order valence-electron chi connectivity index (χ4n) is 4.64. The first-order valence-electron chi connectivity index (χ1n) is 9.83. The number of H-pyrrole nitrogens is 1. The molecule has 142 valence electrons. The summed E-state index contributed by atoms with van der Waals surface area (Å²) in [7, 11) is 0. The topological polar surface area (TPSA) is 69.3 Å². The third-order valence-electron chi connectivity index (χ3n) is 6.39. The lowest BCUT2D eigenvalue weighted by molar-refractivity contribution is -0.138. The van der Waals surface area contributed by atoms with Crippen LogP contribution in [0.5, 0.6) is 0 Å². The van der Waals surface area contributed by atoms with Gasteiger partial charge in [0.2, 0.25) is 5.91 Å². The summed E-state index contributed by atoms with van der Waals surface area (Å²) in [6, 6.07) is 4.30. The third-order valence-corrected chi connectivity index (χ3v) is 6.39. The van der Waals surface area contributed by atoms with Crippen molar-refractivity contribution in [1.82, 2.24) is 19.8 Å². The number of aromatic amines is 1. The van der Waals surface area contributed by atoms with E-state index in [9.17, 15) is 14.0 Å². The van der Waals surface area contributed by atoms with Crippen LogP contribution < -0.4 is 0 Å². The van der Waals surface area contributed by atoms with Crippen molar-refractivity contribution in [2.75, 3.05) is 19.6 Å². The standard InChI is InChI=1S/C20H23FN4O2/c21-14-5-7-16-17(8-14)23-18(22-16)20(27)25-10-12-4-6-15(25)11-24(9-12)19(26)13-2-1-3-13/h5,7-8,12-13,15H,1-4,6,9-11H2,(H,22,23)/t12-,15+/m0/s1. The van der Waals surface area contributed by atoms with Gasteiger partial charge in [0, 0.05) is 31.6 Å². The summed E-state index contributed by atoms with van der Waals surface area (Å²) in [5, 5.41) is 0. The molecule has 2 amide bonds. The molecule has 27 heavy (non-hydrogen) atoms. The van der Waals surface area contributed by atoms with Gasteiger partial charge in [-0.15, -0.1) is 0 Å². The second-order valence-electron chi connectivity index (χ2n) is 8.17. The number of fused-ring (bicyclic) bond motifs is 5. The second kappa shape index (κ2) is 6.32. The summed E-state index contributed by atoms with van der Waals surface area (Å²) in [4.78, 5) is 37.0. The van der Waals surface area contributed by atoms with E-state index < -0.39 is 0 Å². The molecule has 6 nitrogen and oxygen atoms in total. The molecule has 6 rings (SSSR count). The fourth-order valence-corrected chi connectivity index (χ4v) is 4.64. The molecule has 2 atom stereocenters. The van der Waals surface area contributed by atoms with E-state index >= 15 is 0 Å². The summed E-state index contributed by atoms with van der Waals surface area (Å²) in [5.74, 6) is 0.519. The molecule has 1 aromatic heterocycles. The maximum atomic E-state index is 13.4. The summed E-state index contributed by atoms with van der Waals surface area (Å²) in [6.07, 6.45) is 5.12. The Balaban J connectivity index is 1.38. The van der Waals surface area contributed by atoms with Crippen molar-refractivity contribution in [1.29, 1.82) is 0 Å². The van der Waals surface area contributed by atoms with Crippen LogP contribution in [0.3, 0.4) is 0 Å². The van der Waals surface area contributed by atoms with Crippen molar-refractivity contribution >= 4 is 22.8 Å². The van der Waals surface area contributed by atoms with Crippen LogP contribution >= 0.6 is 0 Å². The summed E-state index contributed by atoms with van der Waals surface area (Å²) < 4.78 is 13.4. The molecule has 2 aromatic rings. The zero-order chi connectivity index (χ0) is 18.5. The highest BCUT2D eigenvalue weighted by molar-refractivity contribution is 5.94. The highest BCUT2D eigenvalue weighted by Crippen LogP contribution is 2.33. The molecule has 3 aliphatic heterocycles. The van der Waals surface area contributed by atoms with Crippen LogP contribution in [0.15, 0.2) is 18.2 Å². The van der Waals surface area contributed by atoms with Gasteiger partial charge in [-0.1, -0.05) is 6.42 Å². The maximum Gasteiger partial charge on any atom is 0.289 e. The molecule has 0 spiro atoms. The van der Waals surface area contributed by atoms with Gasteiger partial charge < -0.3 is 14.8 Å². The second-order valence-corrected chi connectivity index (χ2v) is 8.17. The van der Waals surface area contributed by atoms with Gasteiger partial charge in [-0.05, 0) is 49.8 Å². The molecule has 4 aliphatic rings. The van der Waals surface area contributed by atoms with E-state index in [4.69, 9.17) is 0 Å². The minimum absolute atomic E-state index is 0.0326. The van der Waals surface area contributed by atoms with Crippen LogP contribution in [0.25, 0.3) is 11.0 Å². The van der Waals surface area contributed by atoms with Crippen molar-refractivity contribution in [3.63, 3.8) is 0 Å². The maximum absolute atomic E-state index is 13.4. The Labute approximate surface area is 156 Å². The Morgan fingerprint density at radius 1 is 1.11 bits per heavy atom. The molecule has 1 aliphatic carbocycles. The summed E-state index contributed by atoms with van der Waals surface area (Å²) in [6.45, 7) is 2.02. The van der Waals surface area contributed by atoms with Gasteiger partial charge in [-0.25, -0.2) is 9.37 Å². The van der Waals surface area contributed by atoms with Crippen LogP contribution in [-0.4, -0.2) is 57.3 Å². The number of hydrogen-bond acceptors (Lipinski definition) is 3. The van der Waals surface area contributed by atoms with Crippen LogP contribution in [0.2, 0.25) is 0 Å². The zero-order valence-electron chi connectivity index (χ0n) is 15.2. The van der Waals surface area contributed by atoms with E-state index in [-0.39, 0.29) is 35.4 Å². The van der Waals surface area contributed by atoms with Crippen molar-refractivity contribution in [2.45, 2.75) is 38.1 Å². The van der Waals surface area contributed by atoms with Crippen LogP contribution in [0.1, 0.15) is 42.7 Å². The molecule has 0 radical (unpaired) electrons. The summed E-state index contributed by atoms with van der Waals surface area (Å²) >= 11 is 0. The van der Waals surface area contributed by atoms with Gasteiger partial charge in [-0.2, -0.15) is 0 Å². The molecule has 1 aromatic carbocycles. The Morgan fingerprint density at radius 2 is 1.96 bits per heavy atom. The van der Waals surface area contributed by atoms with Crippen molar-refractivity contribution in [2.24, 2.45) is 11.8 Å². The number of benzene rings is 1. The van der Waals surface area contributed by atoms with Gasteiger partial charge in [-0.3, -0.25) is 9.59 Å². The van der Waals surface area contributed by atoms with E-state index in [1.54, 1.807) is 6.07 Å². The number of nitrogens with zero attached hydrogens (tertiary/aromatic N) is 3. The molecule has 4 fully saturated rings. The molecule has 0 unspecified atom stereocenters. The van der Waals surface area contributed by atoms with Crippen LogP contribution in [0, 0.1) is 17.7 Å². The van der Waals surface area contributed by atoms with Crippen molar-refractivity contribution in [3.05, 3.63) is 29.8 Å². The average Bonchev–Trinajstić information content (AvgIpc) is 2.80. The number of hydrogen-bond donors (Lipinski definition) is 1. The number of imidazole rings is 1. The highest BCUT2D eigenvalue weighted by atomic mass is 19.1. The Hall–Kier alpha value is -2.44. The number of piperidine rings is 1. The molecular weight excluding hydrogens is 347 g/mol. The fraction of sp³-hybridized carbons (Fsp3) is 0.550. The third kappa shape index (κ3) is 2.89. The molecule has 7 heteroatoms. The van der Waals surface area contributed by atoms with E-state index in [0.29, 0.717) is 30.0 Å². The molecular formula is C20H23FN4O2. The van der Waals surface area contributed by atoms with Crippen LogP contribution in [-0.2, 0) is 4.79 Å². The minimum Gasteiger partial charge on any atom is -0.340 e. The number of carbonyl (C=O) groups excluding carboxylic acids is 2. The number of aromatic nitrogens is 2. The molecule has 1 saturated carbocycles. The predicted octanol–water partition coefficient (Wildman–Crippen LogP) is 2.57. The van der Waals surface area contributed by atoms with Gasteiger partial charge in [0.1, 0.15) is 5.82 Å². The van der Waals surface area contributed by atoms with Crippen LogP contribution in [0.4, 0.5) is 4.39 Å². The van der Waals surface area contributed by atoms with Gasteiger partial charge in [0.05, 0.1) is 11.0 Å². The smallest absolute Gasteiger partial charge is 0.289 e. The van der Waals surface area contributed by atoms with Crippen molar-refractivity contribution < 1.29 is 14.0 Å². The number of rotatable bonds is 2. The first-order valence-corrected chi connectivity index (χ1v) is 9.83. The quantitative estimate of drug-likeness (QED) is 0.883. The number of carbonyl (C=O) groups is 2. The normalized spacial score (nSPS) is 25.5. The lowest BCUT2D eigenvalue weighted by Crippen LogP contribution is -2.48. The predicted molar refractivity (Wildman–Crippen MR) is 97.5 cm³/mol. The van der Waals surface area contributed by atoms with Gasteiger partial charge in [0.15, 0.2) is 5.82 Å². The largest absolute Gasteiger partial charge is 0.340 e. The summed E-state index contributed by atoms with van der Waals surface area (Å²) in [5.41, 5.74) is 1.11. The zero-order valence-corrected chi connectivity index (χ0v) is 15.2. The Kier molecular flexibility index (Phi) is 3.91. The number of amides is 2. The van der Waals surface area contributed by atoms with Gasteiger partial charge in [0.25, 0.3) is 5.91 Å². The van der Waals surface area contributed by atoms with E-state index in [1.807, 2.05) is 9.80 Å². The average molecular weight is 370 g/mol. The Morgan fingerprint density at radius 3 is 2.74 bits per heavy atom. The lowest BCUT2D eigenvalue weighted by atomic mass is 9.84. The Bertz CT molecular complexity index is 907. The molecule has 2 bridgehead atoms. The minimum atomic E-state index is -0.357. The molecule has 3 saturated heterocycles. The van der Waals surface area contributed by atoms with E-state index in [2.05, 4.69) is 9.97 Å². The van der Waals surface area contributed by atoms with Crippen molar-refractivity contribution in [3.8, 4) is 0 Å². The SMILES string of the molecule is O=C(C1CCC1)N1C[C@@H]2CC[C@H](C1)N(C(=O)c1nc3ccc(F)cc3[nH]1)C2. The monoisotopic (exact) mass is 370 g/mol. The number of nitrogens with one attached hydrogen (secondary N) is 1. The molecule has 1 N–H and O–H groups in total. The number of halogens is 1.